The van der Waals surface area contributed by atoms with Gasteiger partial charge >= 0.3 is 0 Å². The first-order chi connectivity index (χ1) is 30.7. The van der Waals surface area contributed by atoms with E-state index >= 15 is 0 Å². The first-order valence-corrected chi connectivity index (χ1v) is 20.8. The van der Waals surface area contributed by atoms with Crippen molar-refractivity contribution in [2.45, 2.75) is 0 Å². The van der Waals surface area contributed by atoms with E-state index in [4.69, 9.17) is 19.9 Å². The number of aromatic nitrogens is 6. The number of fused-ring (bicyclic) bond motifs is 6. The highest BCUT2D eigenvalue weighted by molar-refractivity contribution is 6.19. The van der Waals surface area contributed by atoms with Crippen LogP contribution in [0.15, 0.2) is 218 Å². The maximum atomic E-state index is 5.26. The number of rotatable bonds is 7. The Morgan fingerprint density at radius 3 is 1.27 bits per heavy atom. The summed E-state index contributed by atoms with van der Waals surface area (Å²) in [6.45, 7) is 0. The second-order valence-electron chi connectivity index (χ2n) is 15.5. The SMILES string of the molecule is c1ccc(-c2ccc(-c3nc(-c4ccccc4)nc(-n4c5ccccc5c5cc6c(cc54)c4ccccc4n6-c4ccc(-c5cccc(-c6ccccc6)n5)cc4)n3)cc2)cc1. The van der Waals surface area contributed by atoms with E-state index in [1.165, 1.54) is 5.39 Å². The van der Waals surface area contributed by atoms with Gasteiger partial charge in [-0.2, -0.15) is 9.97 Å². The van der Waals surface area contributed by atoms with Crippen molar-refractivity contribution in [2.75, 3.05) is 0 Å². The molecule has 4 aromatic heterocycles. The van der Waals surface area contributed by atoms with Gasteiger partial charge in [-0.25, -0.2) is 9.97 Å². The molecule has 0 saturated heterocycles. The Hall–Kier alpha value is -8.48. The van der Waals surface area contributed by atoms with Crippen molar-refractivity contribution in [3.8, 4) is 68.1 Å². The zero-order valence-electron chi connectivity index (χ0n) is 33.5. The number of pyridine rings is 1. The molecular weight excluding hydrogens is 757 g/mol. The van der Waals surface area contributed by atoms with E-state index in [1.807, 2.05) is 42.5 Å². The Morgan fingerprint density at radius 2 is 0.677 bits per heavy atom. The number of hydrogen-bond acceptors (Lipinski definition) is 4. The summed E-state index contributed by atoms with van der Waals surface area (Å²) in [4.78, 5) is 20.6. The molecule has 0 atom stereocenters. The average molecular weight is 793 g/mol. The van der Waals surface area contributed by atoms with Crippen molar-refractivity contribution in [3.63, 3.8) is 0 Å². The Balaban J connectivity index is 1.03. The molecule has 4 heterocycles. The molecule has 0 aliphatic carbocycles. The van der Waals surface area contributed by atoms with Crippen LogP contribution in [-0.4, -0.2) is 29.1 Å². The van der Waals surface area contributed by atoms with E-state index < -0.39 is 0 Å². The van der Waals surface area contributed by atoms with Crippen LogP contribution >= 0.6 is 0 Å². The van der Waals surface area contributed by atoms with E-state index in [0.717, 1.165) is 88.7 Å². The molecule has 0 amide bonds. The smallest absolute Gasteiger partial charge is 0.238 e. The molecule has 0 N–H and O–H groups in total. The van der Waals surface area contributed by atoms with Gasteiger partial charge in [0.05, 0.1) is 33.5 Å². The van der Waals surface area contributed by atoms with E-state index in [-0.39, 0.29) is 0 Å². The summed E-state index contributed by atoms with van der Waals surface area (Å²) in [6, 6.07) is 76.2. The summed E-state index contributed by atoms with van der Waals surface area (Å²) in [7, 11) is 0. The molecule has 0 aliphatic heterocycles. The van der Waals surface area contributed by atoms with Crippen LogP contribution in [0.25, 0.3) is 112 Å². The maximum absolute atomic E-state index is 5.26. The summed E-state index contributed by atoms with van der Waals surface area (Å²) in [6.07, 6.45) is 0. The van der Waals surface area contributed by atoms with E-state index in [1.54, 1.807) is 0 Å². The number of nitrogens with zero attached hydrogens (tertiary/aromatic N) is 6. The van der Waals surface area contributed by atoms with Crippen molar-refractivity contribution in [1.82, 2.24) is 29.1 Å². The van der Waals surface area contributed by atoms with Gasteiger partial charge in [0.2, 0.25) is 5.95 Å². The van der Waals surface area contributed by atoms with Crippen LogP contribution < -0.4 is 0 Å². The summed E-state index contributed by atoms with van der Waals surface area (Å²) < 4.78 is 4.58. The fourth-order valence-electron chi connectivity index (χ4n) is 8.82. The molecule has 8 aromatic carbocycles. The molecule has 0 bridgehead atoms. The highest BCUT2D eigenvalue weighted by Crippen LogP contribution is 2.40. The van der Waals surface area contributed by atoms with Crippen molar-refractivity contribution in [2.24, 2.45) is 0 Å². The Morgan fingerprint density at radius 1 is 0.258 bits per heavy atom. The van der Waals surface area contributed by atoms with Gasteiger partial charge in [0.1, 0.15) is 0 Å². The predicted molar refractivity (Wildman–Crippen MR) is 253 cm³/mol. The third-order valence-electron chi connectivity index (χ3n) is 11.8. The molecule has 12 rings (SSSR count). The van der Waals surface area contributed by atoms with Gasteiger partial charge in [0.15, 0.2) is 11.6 Å². The minimum Gasteiger partial charge on any atom is -0.309 e. The zero-order valence-corrected chi connectivity index (χ0v) is 33.5. The summed E-state index contributed by atoms with van der Waals surface area (Å²) in [5.41, 5.74) is 13.6. The number of para-hydroxylation sites is 2. The quantitative estimate of drug-likeness (QED) is 0.161. The molecule has 0 aliphatic rings. The molecule has 62 heavy (non-hydrogen) atoms. The fourth-order valence-corrected chi connectivity index (χ4v) is 8.82. The lowest BCUT2D eigenvalue weighted by molar-refractivity contribution is 0.954. The van der Waals surface area contributed by atoms with Crippen LogP contribution in [0.5, 0.6) is 0 Å². The second-order valence-corrected chi connectivity index (χ2v) is 15.5. The summed E-state index contributed by atoms with van der Waals surface area (Å²) in [5, 5.41) is 4.55. The maximum Gasteiger partial charge on any atom is 0.238 e. The van der Waals surface area contributed by atoms with Crippen molar-refractivity contribution >= 4 is 43.6 Å². The van der Waals surface area contributed by atoms with Gasteiger partial charge in [0, 0.05) is 49.5 Å². The molecule has 6 heteroatoms. The number of benzene rings is 8. The molecule has 12 aromatic rings. The monoisotopic (exact) mass is 792 g/mol. The Kier molecular flexibility index (Phi) is 8.38. The van der Waals surface area contributed by atoms with Gasteiger partial charge in [0.25, 0.3) is 0 Å². The first-order valence-electron chi connectivity index (χ1n) is 20.8. The Bertz CT molecular complexity index is 3590. The molecule has 0 saturated carbocycles. The van der Waals surface area contributed by atoms with Gasteiger partial charge < -0.3 is 4.57 Å². The van der Waals surface area contributed by atoms with Crippen LogP contribution in [0.1, 0.15) is 0 Å². The van der Waals surface area contributed by atoms with Gasteiger partial charge in [-0.15, -0.1) is 0 Å². The van der Waals surface area contributed by atoms with Gasteiger partial charge in [-0.3, -0.25) is 4.57 Å². The van der Waals surface area contributed by atoms with Crippen LogP contribution in [-0.2, 0) is 0 Å². The number of hydrogen-bond donors (Lipinski definition) is 0. The Labute approximate surface area is 357 Å². The van der Waals surface area contributed by atoms with Crippen molar-refractivity contribution < 1.29 is 0 Å². The molecule has 0 spiro atoms. The molecule has 0 radical (unpaired) electrons. The van der Waals surface area contributed by atoms with Crippen LogP contribution in [0, 0.1) is 0 Å². The van der Waals surface area contributed by atoms with E-state index in [0.29, 0.717) is 17.6 Å². The molecule has 290 valence electrons. The van der Waals surface area contributed by atoms with Gasteiger partial charge in [-0.1, -0.05) is 170 Å². The first kappa shape index (κ1) is 35.5. The van der Waals surface area contributed by atoms with Crippen LogP contribution in [0.4, 0.5) is 0 Å². The predicted octanol–water partition coefficient (Wildman–Crippen LogP) is 13.8. The minimum absolute atomic E-state index is 0.566. The average Bonchev–Trinajstić information content (AvgIpc) is 3.86. The molecule has 0 unspecified atom stereocenters. The lowest BCUT2D eigenvalue weighted by atomic mass is 10.0. The summed E-state index contributed by atoms with van der Waals surface area (Å²) in [5.74, 6) is 1.80. The van der Waals surface area contributed by atoms with E-state index in [2.05, 4.69) is 185 Å². The third kappa shape index (κ3) is 6.04. The van der Waals surface area contributed by atoms with Gasteiger partial charge in [-0.05, 0) is 59.7 Å². The normalized spacial score (nSPS) is 11.5. The lowest BCUT2D eigenvalue weighted by Crippen LogP contribution is -2.06. The molecular formula is C56H36N6. The third-order valence-corrected chi connectivity index (χ3v) is 11.8. The second kappa shape index (κ2) is 14.7. The van der Waals surface area contributed by atoms with Crippen LogP contribution in [0.3, 0.4) is 0 Å². The largest absolute Gasteiger partial charge is 0.309 e. The molecule has 6 nitrogen and oxygen atoms in total. The fraction of sp³-hybridized carbons (Fsp3) is 0. The lowest BCUT2D eigenvalue weighted by Gasteiger charge is -2.12. The summed E-state index contributed by atoms with van der Waals surface area (Å²) >= 11 is 0. The van der Waals surface area contributed by atoms with Crippen molar-refractivity contribution in [3.05, 3.63) is 218 Å². The topological polar surface area (TPSA) is 61.4 Å². The van der Waals surface area contributed by atoms with E-state index in [9.17, 15) is 0 Å². The van der Waals surface area contributed by atoms with Crippen LogP contribution in [0.2, 0.25) is 0 Å². The zero-order chi connectivity index (χ0) is 41.0. The standard InChI is InChI=1S/C56H36N6/c1-4-15-37(16-5-1)38-27-29-42(30-28-38)55-58-54(41-19-8-3-9-20-41)59-56(60-55)62-51-26-13-11-22-45(51)47-35-52-46(36-53(47)62)44-21-10-12-25-50(44)61(52)43-33-31-40(32-34-43)49-24-14-23-48(57-49)39-17-6-2-7-18-39/h1-36H. The highest BCUT2D eigenvalue weighted by Gasteiger charge is 2.21. The van der Waals surface area contributed by atoms with Crippen molar-refractivity contribution in [1.29, 1.82) is 0 Å². The molecule has 0 fully saturated rings. The minimum atomic E-state index is 0.566. The highest BCUT2D eigenvalue weighted by atomic mass is 15.2.